The van der Waals surface area contributed by atoms with Crippen molar-refractivity contribution in [3.05, 3.63) is 29.8 Å². The minimum Gasteiger partial charge on any atom is -0.494 e. The van der Waals surface area contributed by atoms with Gasteiger partial charge in [-0.2, -0.15) is 0 Å². The summed E-state index contributed by atoms with van der Waals surface area (Å²) in [7, 11) is -3.45. The van der Waals surface area contributed by atoms with Gasteiger partial charge in [0.1, 0.15) is 5.75 Å². The number of hydrogen-bond acceptors (Lipinski definition) is 7. The minimum atomic E-state index is -3.45. The molecule has 1 heterocycles. The summed E-state index contributed by atoms with van der Waals surface area (Å²) in [6.45, 7) is 4.59. The van der Waals surface area contributed by atoms with Gasteiger partial charge in [-0.1, -0.05) is 44.1 Å². The van der Waals surface area contributed by atoms with E-state index in [0.29, 0.717) is 24.3 Å². The predicted octanol–water partition coefficient (Wildman–Crippen LogP) is 3.54. The smallest absolute Gasteiger partial charge is 0.257 e. The molecule has 2 rings (SSSR count). The Kier molecular flexibility index (Phi) is 7.52. The van der Waals surface area contributed by atoms with Gasteiger partial charge in [0.15, 0.2) is 0 Å². The van der Waals surface area contributed by atoms with E-state index in [2.05, 4.69) is 22.4 Å². The van der Waals surface area contributed by atoms with E-state index in [9.17, 15) is 13.2 Å². The number of nitrogens with zero attached hydrogens (tertiary/aromatic N) is 2. The van der Waals surface area contributed by atoms with E-state index >= 15 is 0 Å². The zero-order valence-electron chi connectivity index (χ0n) is 14.9. The lowest BCUT2D eigenvalue weighted by Crippen LogP contribution is -2.11. The van der Waals surface area contributed by atoms with E-state index in [0.717, 1.165) is 30.6 Å². The molecule has 0 aliphatic heterocycles. The highest BCUT2D eigenvalue weighted by Crippen LogP contribution is 2.23. The van der Waals surface area contributed by atoms with Gasteiger partial charge in [0.05, 0.1) is 12.4 Å². The Morgan fingerprint density at radius 1 is 1.19 bits per heavy atom. The van der Waals surface area contributed by atoms with Gasteiger partial charge in [-0.15, -0.1) is 10.2 Å². The molecule has 0 aliphatic carbocycles. The number of hydrogen-bond donors (Lipinski definition) is 1. The van der Waals surface area contributed by atoms with Crippen LogP contribution in [0.15, 0.2) is 28.6 Å². The van der Waals surface area contributed by atoms with Crippen molar-refractivity contribution >= 4 is 32.2 Å². The molecule has 0 saturated heterocycles. The third-order valence-corrected chi connectivity index (χ3v) is 6.61. The lowest BCUT2D eigenvalue weighted by molar-refractivity contribution is 0.102. The molecule has 1 amide bonds. The fraction of sp³-hybridized carbons (Fsp3) is 0.471. The lowest BCUT2D eigenvalue weighted by Gasteiger charge is -2.07. The van der Waals surface area contributed by atoms with Crippen LogP contribution in [0.1, 0.15) is 49.9 Å². The van der Waals surface area contributed by atoms with Gasteiger partial charge in [0.25, 0.3) is 5.91 Å². The van der Waals surface area contributed by atoms with Crippen molar-refractivity contribution in [2.45, 2.75) is 43.9 Å². The summed E-state index contributed by atoms with van der Waals surface area (Å²) < 4.78 is 29.7. The van der Waals surface area contributed by atoms with Gasteiger partial charge in [-0.3, -0.25) is 10.1 Å². The topological polar surface area (TPSA) is 98.2 Å². The van der Waals surface area contributed by atoms with Crippen molar-refractivity contribution in [1.29, 1.82) is 0 Å². The molecular formula is C17H23N3O4S2. The molecule has 0 unspecified atom stereocenters. The van der Waals surface area contributed by atoms with E-state index in [-0.39, 0.29) is 21.1 Å². The van der Waals surface area contributed by atoms with Crippen LogP contribution in [0.4, 0.5) is 5.13 Å². The van der Waals surface area contributed by atoms with Crippen molar-refractivity contribution < 1.29 is 17.9 Å². The first-order valence-corrected chi connectivity index (χ1v) is 11.0. The Labute approximate surface area is 157 Å². The largest absolute Gasteiger partial charge is 0.494 e. The molecular weight excluding hydrogens is 374 g/mol. The van der Waals surface area contributed by atoms with Crippen molar-refractivity contribution in [2.24, 2.45) is 0 Å². The van der Waals surface area contributed by atoms with Gasteiger partial charge in [-0.25, -0.2) is 8.42 Å². The molecule has 1 aromatic carbocycles. The van der Waals surface area contributed by atoms with E-state index < -0.39 is 9.84 Å². The SMILES string of the molecule is CCCCOc1cccc(C(=O)Nc2nnc(S(=O)(=O)CCCC)s2)c1. The molecule has 26 heavy (non-hydrogen) atoms. The summed E-state index contributed by atoms with van der Waals surface area (Å²) in [4.78, 5) is 12.4. The predicted molar refractivity (Wildman–Crippen MR) is 102 cm³/mol. The standard InChI is InChI=1S/C17H23N3O4S2/c1-3-5-10-24-14-9-7-8-13(12-14)15(21)18-16-19-20-17(25-16)26(22,23)11-6-4-2/h7-9,12H,3-6,10-11H2,1-2H3,(H,18,19,21). The van der Waals surface area contributed by atoms with Crippen LogP contribution >= 0.6 is 11.3 Å². The Morgan fingerprint density at radius 3 is 2.69 bits per heavy atom. The number of unbranched alkanes of at least 4 members (excludes halogenated alkanes) is 2. The fourth-order valence-electron chi connectivity index (χ4n) is 2.04. The first kappa shape index (κ1) is 20.3. The molecule has 0 saturated carbocycles. The highest BCUT2D eigenvalue weighted by molar-refractivity contribution is 7.93. The molecule has 142 valence electrons. The molecule has 0 atom stereocenters. The van der Waals surface area contributed by atoms with Gasteiger partial charge in [0, 0.05) is 5.56 Å². The monoisotopic (exact) mass is 397 g/mol. The average molecular weight is 398 g/mol. The first-order valence-electron chi connectivity index (χ1n) is 8.56. The second-order valence-corrected chi connectivity index (χ2v) is 8.99. The van der Waals surface area contributed by atoms with Crippen LogP contribution in [0.3, 0.4) is 0 Å². The number of carbonyl (C=O) groups excluding carboxylic acids is 1. The normalized spacial score (nSPS) is 11.3. The molecule has 1 aromatic heterocycles. The quantitative estimate of drug-likeness (QED) is 0.486. The molecule has 0 radical (unpaired) electrons. The number of ether oxygens (including phenoxy) is 1. The summed E-state index contributed by atoms with van der Waals surface area (Å²) in [6, 6.07) is 6.82. The number of benzene rings is 1. The lowest BCUT2D eigenvalue weighted by atomic mass is 10.2. The molecule has 0 bridgehead atoms. The Balaban J connectivity index is 2.03. The summed E-state index contributed by atoms with van der Waals surface area (Å²) in [5.41, 5.74) is 0.407. The molecule has 2 aromatic rings. The number of amides is 1. The van der Waals surface area contributed by atoms with Crippen LogP contribution in [-0.4, -0.2) is 36.9 Å². The molecule has 7 nitrogen and oxygen atoms in total. The third kappa shape index (κ3) is 5.77. The third-order valence-electron chi connectivity index (χ3n) is 3.52. The maximum Gasteiger partial charge on any atom is 0.257 e. The second-order valence-electron chi connectivity index (χ2n) is 5.73. The summed E-state index contributed by atoms with van der Waals surface area (Å²) in [6.07, 6.45) is 3.31. The number of anilines is 1. The number of nitrogens with one attached hydrogen (secondary N) is 1. The first-order chi connectivity index (χ1) is 12.5. The van der Waals surface area contributed by atoms with Gasteiger partial charge >= 0.3 is 0 Å². The number of sulfone groups is 1. The van der Waals surface area contributed by atoms with Crippen molar-refractivity contribution in [3.8, 4) is 5.75 Å². The average Bonchev–Trinajstić information content (AvgIpc) is 3.10. The molecule has 0 fully saturated rings. The van der Waals surface area contributed by atoms with Crippen LogP contribution in [0.25, 0.3) is 0 Å². The van der Waals surface area contributed by atoms with Crippen LogP contribution in [-0.2, 0) is 9.84 Å². The van der Waals surface area contributed by atoms with Crippen LogP contribution in [0.5, 0.6) is 5.75 Å². The summed E-state index contributed by atoms with van der Waals surface area (Å²) in [5, 5.41) is 10.2. The minimum absolute atomic E-state index is 0.0310. The van der Waals surface area contributed by atoms with Crippen molar-refractivity contribution in [2.75, 3.05) is 17.7 Å². The van der Waals surface area contributed by atoms with Crippen LogP contribution in [0.2, 0.25) is 0 Å². The van der Waals surface area contributed by atoms with E-state index in [4.69, 9.17) is 4.74 Å². The summed E-state index contributed by atoms with van der Waals surface area (Å²) >= 11 is 0.861. The zero-order chi connectivity index (χ0) is 19.0. The van der Waals surface area contributed by atoms with Crippen LogP contribution in [0, 0.1) is 0 Å². The van der Waals surface area contributed by atoms with Gasteiger partial charge < -0.3 is 4.74 Å². The maximum atomic E-state index is 12.4. The number of rotatable bonds is 10. The Bertz CT molecular complexity index is 834. The van der Waals surface area contributed by atoms with E-state index in [1.54, 1.807) is 24.3 Å². The molecule has 9 heteroatoms. The van der Waals surface area contributed by atoms with E-state index in [1.165, 1.54) is 0 Å². The van der Waals surface area contributed by atoms with E-state index in [1.807, 2.05) is 6.92 Å². The molecule has 0 spiro atoms. The summed E-state index contributed by atoms with van der Waals surface area (Å²) in [5.74, 6) is 0.259. The molecule has 1 N–H and O–H groups in total. The van der Waals surface area contributed by atoms with Crippen LogP contribution < -0.4 is 10.1 Å². The number of aromatic nitrogens is 2. The second kappa shape index (κ2) is 9.63. The maximum absolute atomic E-state index is 12.4. The Hall–Kier alpha value is -2.00. The number of carbonyl (C=O) groups is 1. The highest BCUT2D eigenvalue weighted by Gasteiger charge is 2.20. The Morgan fingerprint density at radius 2 is 1.96 bits per heavy atom. The highest BCUT2D eigenvalue weighted by atomic mass is 32.2. The fourth-order valence-corrected chi connectivity index (χ4v) is 4.51. The van der Waals surface area contributed by atoms with Gasteiger partial charge in [0.2, 0.25) is 19.3 Å². The van der Waals surface area contributed by atoms with Gasteiger partial charge in [-0.05, 0) is 31.0 Å². The van der Waals surface area contributed by atoms with Crippen molar-refractivity contribution in [1.82, 2.24) is 10.2 Å². The molecule has 0 aliphatic rings. The zero-order valence-corrected chi connectivity index (χ0v) is 16.5. The van der Waals surface area contributed by atoms with Crippen molar-refractivity contribution in [3.63, 3.8) is 0 Å².